The summed E-state index contributed by atoms with van der Waals surface area (Å²) in [5.41, 5.74) is 3.03. The largest absolute Gasteiger partial charge is 0.385 e. The van der Waals surface area contributed by atoms with Gasteiger partial charge in [-0.1, -0.05) is 44.2 Å². The van der Waals surface area contributed by atoms with Crippen molar-refractivity contribution in [2.24, 2.45) is 11.3 Å². The van der Waals surface area contributed by atoms with Crippen LogP contribution in [0.4, 0.5) is 0 Å². The van der Waals surface area contributed by atoms with Gasteiger partial charge in [-0.2, -0.15) is 0 Å². The summed E-state index contributed by atoms with van der Waals surface area (Å²) >= 11 is 6.67. The first-order valence-electron chi connectivity index (χ1n) is 9.96. The van der Waals surface area contributed by atoms with Gasteiger partial charge in [0.15, 0.2) is 0 Å². The van der Waals surface area contributed by atoms with Crippen molar-refractivity contribution >= 4 is 23.2 Å². The van der Waals surface area contributed by atoms with E-state index in [0.717, 1.165) is 54.9 Å². The molecule has 142 valence electrons. The third-order valence-corrected chi connectivity index (χ3v) is 6.94. The van der Waals surface area contributed by atoms with E-state index in [9.17, 15) is 4.79 Å². The molecule has 1 aromatic carbocycles. The molecule has 1 amide bonds. The van der Waals surface area contributed by atoms with E-state index in [1.54, 1.807) is 0 Å². The molecule has 26 heavy (non-hydrogen) atoms. The smallest absolute Gasteiger partial charge is 0.226 e. The van der Waals surface area contributed by atoms with Crippen LogP contribution in [-0.2, 0) is 4.79 Å². The van der Waals surface area contributed by atoms with Gasteiger partial charge in [-0.15, -0.1) is 0 Å². The molecule has 1 saturated heterocycles. The maximum atomic E-state index is 12.5. The first-order valence-corrected chi connectivity index (χ1v) is 10.3. The zero-order valence-electron chi connectivity index (χ0n) is 16.2. The van der Waals surface area contributed by atoms with Crippen LogP contribution < -0.4 is 10.6 Å². The maximum Gasteiger partial charge on any atom is 0.226 e. The van der Waals surface area contributed by atoms with Gasteiger partial charge in [0.1, 0.15) is 0 Å². The highest BCUT2D eigenvalue weighted by Gasteiger charge is 2.54. The summed E-state index contributed by atoms with van der Waals surface area (Å²) in [4.78, 5) is 12.5. The van der Waals surface area contributed by atoms with Gasteiger partial charge in [-0.3, -0.25) is 4.79 Å². The molecule has 1 heterocycles. The first kappa shape index (κ1) is 19.3. The molecular formula is C22H31ClN2O. The Morgan fingerprint density at radius 1 is 1.42 bits per heavy atom. The Bertz CT molecular complexity index is 701. The van der Waals surface area contributed by atoms with Gasteiger partial charge in [-0.05, 0) is 68.1 Å². The summed E-state index contributed by atoms with van der Waals surface area (Å²) in [5.74, 6) is 1.08. The highest BCUT2D eigenvalue weighted by atomic mass is 35.5. The maximum absolute atomic E-state index is 12.5. The molecule has 4 unspecified atom stereocenters. The lowest BCUT2D eigenvalue weighted by molar-refractivity contribution is -0.130. The van der Waals surface area contributed by atoms with Crippen molar-refractivity contribution < 1.29 is 4.79 Å². The molecular weight excluding hydrogens is 344 g/mol. The molecule has 4 heteroatoms. The van der Waals surface area contributed by atoms with E-state index in [-0.39, 0.29) is 17.4 Å². The van der Waals surface area contributed by atoms with E-state index in [4.69, 9.17) is 11.6 Å². The van der Waals surface area contributed by atoms with E-state index in [2.05, 4.69) is 50.1 Å². The number of amides is 1. The van der Waals surface area contributed by atoms with Crippen LogP contribution in [0.5, 0.6) is 0 Å². The van der Waals surface area contributed by atoms with E-state index in [1.165, 1.54) is 5.56 Å². The van der Waals surface area contributed by atoms with Crippen molar-refractivity contribution in [1.82, 2.24) is 10.6 Å². The second-order valence-corrected chi connectivity index (χ2v) is 8.40. The van der Waals surface area contributed by atoms with Crippen LogP contribution in [0.1, 0.15) is 69.9 Å². The van der Waals surface area contributed by atoms with Gasteiger partial charge in [0, 0.05) is 23.3 Å². The fourth-order valence-electron chi connectivity index (χ4n) is 4.99. The van der Waals surface area contributed by atoms with Crippen LogP contribution in [0.2, 0.25) is 5.02 Å². The molecule has 4 atom stereocenters. The van der Waals surface area contributed by atoms with Crippen LogP contribution >= 0.6 is 11.6 Å². The molecule has 2 N–H and O–H groups in total. The predicted octanol–water partition coefficient (Wildman–Crippen LogP) is 5.11. The van der Waals surface area contributed by atoms with Crippen molar-refractivity contribution in [2.75, 3.05) is 6.54 Å². The molecule has 0 bridgehead atoms. The fraction of sp³-hybridized carbons (Fsp3) is 0.591. The predicted molar refractivity (Wildman–Crippen MR) is 109 cm³/mol. The zero-order valence-corrected chi connectivity index (χ0v) is 17.0. The van der Waals surface area contributed by atoms with Crippen molar-refractivity contribution in [1.29, 1.82) is 0 Å². The van der Waals surface area contributed by atoms with Gasteiger partial charge in [0.2, 0.25) is 5.91 Å². The molecule has 3 rings (SSSR count). The van der Waals surface area contributed by atoms with E-state index in [0.29, 0.717) is 11.8 Å². The van der Waals surface area contributed by atoms with Gasteiger partial charge in [0.25, 0.3) is 0 Å². The second kappa shape index (κ2) is 7.64. The van der Waals surface area contributed by atoms with E-state index in [1.807, 2.05) is 6.07 Å². The van der Waals surface area contributed by atoms with Crippen LogP contribution in [0.25, 0.3) is 5.70 Å². The summed E-state index contributed by atoms with van der Waals surface area (Å²) in [6.45, 7) is 11.5. The number of carbonyl (C=O) groups excluding carboxylic acids is 1. The number of benzene rings is 1. The third-order valence-electron chi connectivity index (χ3n) is 6.61. The highest BCUT2D eigenvalue weighted by Crippen LogP contribution is 2.54. The minimum Gasteiger partial charge on any atom is -0.385 e. The zero-order chi connectivity index (χ0) is 18.9. The van der Waals surface area contributed by atoms with Gasteiger partial charge < -0.3 is 10.6 Å². The molecule has 1 saturated carbocycles. The Hall–Kier alpha value is -1.48. The lowest BCUT2D eigenvalue weighted by Gasteiger charge is -2.41. The quantitative estimate of drug-likeness (QED) is 0.726. The molecule has 0 spiro atoms. The molecule has 3 nitrogen and oxygen atoms in total. The molecule has 1 aliphatic carbocycles. The highest BCUT2D eigenvalue weighted by molar-refractivity contribution is 6.31. The van der Waals surface area contributed by atoms with Crippen LogP contribution in [0, 0.1) is 11.3 Å². The average Bonchev–Trinajstić information content (AvgIpc) is 2.89. The van der Waals surface area contributed by atoms with Gasteiger partial charge in [0.05, 0.1) is 5.41 Å². The normalized spacial score (nSPS) is 30.6. The summed E-state index contributed by atoms with van der Waals surface area (Å²) in [6.07, 6.45) is 5.01. The second-order valence-electron chi connectivity index (χ2n) is 7.99. The Morgan fingerprint density at radius 3 is 2.85 bits per heavy atom. The topological polar surface area (TPSA) is 41.1 Å². The number of rotatable bonds is 6. The van der Waals surface area contributed by atoms with Crippen molar-refractivity contribution in [3.05, 3.63) is 40.9 Å². The van der Waals surface area contributed by atoms with Gasteiger partial charge >= 0.3 is 0 Å². The Balaban J connectivity index is 1.78. The fourth-order valence-corrected chi connectivity index (χ4v) is 5.32. The molecule has 1 aliphatic heterocycles. The number of halogens is 1. The number of fused-ring (bicyclic) bond motifs is 1. The number of hydrogen-bond acceptors (Lipinski definition) is 2. The van der Waals surface area contributed by atoms with Crippen LogP contribution in [0.15, 0.2) is 24.8 Å². The van der Waals surface area contributed by atoms with Crippen molar-refractivity contribution in [3.8, 4) is 0 Å². The number of carbonyl (C=O) groups is 1. The minimum absolute atomic E-state index is 0.166. The summed E-state index contributed by atoms with van der Waals surface area (Å²) in [6, 6.07) is 6.57. The Kier molecular flexibility index (Phi) is 5.67. The average molecular weight is 375 g/mol. The molecule has 0 radical (unpaired) electrons. The van der Waals surface area contributed by atoms with Crippen molar-refractivity contribution in [3.63, 3.8) is 0 Å². The number of nitrogens with one attached hydrogen (secondary N) is 2. The van der Waals surface area contributed by atoms with E-state index < -0.39 is 0 Å². The monoisotopic (exact) mass is 374 g/mol. The Labute approximate surface area is 162 Å². The van der Waals surface area contributed by atoms with Crippen molar-refractivity contribution in [2.45, 2.75) is 64.8 Å². The van der Waals surface area contributed by atoms with E-state index >= 15 is 0 Å². The third kappa shape index (κ3) is 3.26. The lowest BCUT2D eigenvalue weighted by atomic mass is 9.61. The lowest BCUT2D eigenvalue weighted by Crippen LogP contribution is -2.39. The Morgan fingerprint density at radius 2 is 2.19 bits per heavy atom. The summed E-state index contributed by atoms with van der Waals surface area (Å²) < 4.78 is 0. The molecule has 1 aromatic rings. The first-order chi connectivity index (χ1) is 12.4. The summed E-state index contributed by atoms with van der Waals surface area (Å²) in [5, 5.41) is 7.34. The van der Waals surface area contributed by atoms with Gasteiger partial charge in [-0.25, -0.2) is 0 Å². The van der Waals surface area contributed by atoms with Crippen LogP contribution in [-0.4, -0.2) is 18.5 Å². The number of hydrogen-bond donors (Lipinski definition) is 2. The summed E-state index contributed by atoms with van der Waals surface area (Å²) in [7, 11) is 0. The molecule has 2 aliphatic rings. The SMILES string of the molecule is C=C(NCCC)c1ccc(C2CCC3(CC)C(=O)NC(C)C3C2)c(Cl)c1. The molecule has 2 fully saturated rings. The molecule has 0 aromatic heterocycles. The van der Waals surface area contributed by atoms with Crippen LogP contribution in [0.3, 0.4) is 0 Å². The standard InChI is InChI=1S/C22H31ClN2O/c1-5-11-24-14(3)16-7-8-18(20(23)13-16)17-9-10-22(6-2)19(12-17)15(4)25-21(22)26/h7-8,13,15,17,19,24H,3,5-6,9-12H2,1-2,4H3,(H,25,26). The minimum atomic E-state index is -0.166.